The predicted octanol–water partition coefficient (Wildman–Crippen LogP) is 5.25. The summed E-state index contributed by atoms with van der Waals surface area (Å²) >= 11 is 5.97. The molecular formula is C22H17ClN2O3. The summed E-state index contributed by atoms with van der Waals surface area (Å²) in [5.74, 6) is 1.03. The van der Waals surface area contributed by atoms with E-state index >= 15 is 0 Å². The van der Waals surface area contributed by atoms with Gasteiger partial charge < -0.3 is 13.8 Å². The van der Waals surface area contributed by atoms with Crippen LogP contribution < -0.4 is 0 Å². The first kappa shape index (κ1) is 17.1. The summed E-state index contributed by atoms with van der Waals surface area (Å²) in [6.45, 7) is 2.91. The van der Waals surface area contributed by atoms with Gasteiger partial charge in [0.2, 0.25) is 0 Å². The van der Waals surface area contributed by atoms with Crippen LogP contribution in [0.4, 0.5) is 0 Å². The normalized spacial score (nSPS) is 13.7. The van der Waals surface area contributed by atoms with E-state index in [0.717, 1.165) is 39.1 Å². The van der Waals surface area contributed by atoms with E-state index in [2.05, 4.69) is 5.16 Å². The number of carbonyl (C=O) groups is 1. The van der Waals surface area contributed by atoms with Crippen LogP contribution >= 0.6 is 11.6 Å². The van der Waals surface area contributed by atoms with Crippen molar-refractivity contribution in [2.45, 2.75) is 19.9 Å². The molecule has 2 aromatic heterocycles. The first-order valence-corrected chi connectivity index (χ1v) is 9.50. The van der Waals surface area contributed by atoms with Crippen LogP contribution in [-0.4, -0.2) is 22.5 Å². The van der Waals surface area contributed by atoms with E-state index in [-0.39, 0.29) is 5.91 Å². The molecule has 0 unspecified atom stereocenters. The van der Waals surface area contributed by atoms with Gasteiger partial charge in [-0.2, -0.15) is 0 Å². The van der Waals surface area contributed by atoms with Gasteiger partial charge in [-0.25, -0.2) is 0 Å². The molecule has 0 bridgehead atoms. The van der Waals surface area contributed by atoms with Crippen molar-refractivity contribution < 1.29 is 13.7 Å². The van der Waals surface area contributed by atoms with Crippen molar-refractivity contribution in [3.05, 3.63) is 76.1 Å². The Bertz CT molecular complexity index is 1190. The molecule has 6 heteroatoms. The molecule has 0 atom stereocenters. The lowest BCUT2D eigenvalue weighted by Gasteiger charge is -2.25. The van der Waals surface area contributed by atoms with E-state index in [0.29, 0.717) is 30.3 Å². The highest BCUT2D eigenvalue weighted by atomic mass is 35.5. The van der Waals surface area contributed by atoms with Gasteiger partial charge in [0.05, 0.1) is 6.54 Å². The monoisotopic (exact) mass is 392 g/mol. The predicted molar refractivity (Wildman–Crippen MR) is 106 cm³/mol. The minimum Gasteiger partial charge on any atom is -0.451 e. The number of para-hydroxylation sites is 1. The van der Waals surface area contributed by atoms with Crippen LogP contribution in [0.25, 0.3) is 22.3 Å². The van der Waals surface area contributed by atoms with Crippen LogP contribution in [-0.2, 0) is 13.0 Å². The van der Waals surface area contributed by atoms with E-state index in [9.17, 15) is 4.79 Å². The molecular weight excluding hydrogens is 376 g/mol. The third-order valence-corrected chi connectivity index (χ3v) is 5.53. The number of aromatic nitrogens is 1. The zero-order valence-electron chi connectivity index (χ0n) is 15.2. The highest BCUT2D eigenvalue weighted by Gasteiger charge is 2.30. The van der Waals surface area contributed by atoms with Crippen molar-refractivity contribution in [3.8, 4) is 11.3 Å². The van der Waals surface area contributed by atoms with Gasteiger partial charge in [0.1, 0.15) is 11.3 Å². The highest BCUT2D eigenvalue weighted by molar-refractivity contribution is 6.30. The minimum absolute atomic E-state index is 0.115. The summed E-state index contributed by atoms with van der Waals surface area (Å²) in [5, 5.41) is 5.86. The molecule has 3 heterocycles. The minimum atomic E-state index is -0.115. The van der Waals surface area contributed by atoms with Crippen LogP contribution in [0.15, 0.2) is 57.5 Å². The van der Waals surface area contributed by atoms with Crippen LogP contribution in [0.1, 0.15) is 27.4 Å². The molecule has 2 aromatic carbocycles. The van der Waals surface area contributed by atoms with Gasteiger partial charge in [-0.3, -0.25) is 4.79 Å². The molecule has 1 aliphatic heterocycles. The Morgan fingerprint density at radius 1 is 1.14 bits per heavy atom. The topological polar surface area (TPSA) is 59.5 Å². The number of rotatable bonds is 2. The van der Waals surface area contributed by atoms with E-state index < -0.39 is 0 Å². The van der Waals surface area contributed by atoms with Crippen molar-refractivity contribution >= 4 is 28.5 Å². The van der Waals surface area contributed by atoms with Crippen molar-refractivity contribution in [1.29, 1.82) is 0 Å². The smallest absolute Gasteiger partial charge is 0.290 e. The largest absolute Gasteiger partial charge is 0.451 e. The zero-order chi connectivity index (χ0) is 19.3. The Morgan fingerprint density at radius 2 is 1.93 bits per heavy atom. The van der Waals surface area contributed by atoms with Gasteiger partial charge >= 0.3 is 0 Å². The summed E-state index contributed by atoms with van der Waals surface area (Å²) < 4.78 is 11.4. The molecule has 0 aliphatic carbocycles. The lowest BCUT2D eigenvalue weighted by molar-refractivity contribution is 0.0700. The second kappa shape index (κ2) is 6.53. The molecule has 5 nitrogen and oxygen atoms in total. The van der Waals surface area contributed by atoms with Crippen molar-refractivity contribution in [2.75, 3.05) is 6.54 Å². The van der Waals surface area contributed by atoms with Crippen LogP contribution in [0, 0.1) is 6.92 Å². The summed E-state index contributed by atoms with van der Waals surface area (Å²) in [6.07, 6.45) is 0.682. The molecule has 28 heavy (non-hydrogen) atoms. The maximum atomic E-state index is 13.1. The van der Waals surface area contributed by atoms with E-state index in [4.69, 9.17) is 20.5 Å². The Kier molecular flexibility index (Phi) is 3.98. The van der Waals surface area contributed by atoms with Gasteiger partial charge in [-0.15, -0.1) is 0 Å². The summed E-state index contributed by atoms with van der Waals surface area (Å²) in [5.41, 5.74) is 4.37. The van der Waals surface area contributed by atoms with Gasteiger partial charge in [0.15, 0.2) is 11.5 Å². The highest BCUT2D eigenvalue weighted by Crippen LogP contribution is 2.32. The lowest BCUT2D eigenvalue weighted by Crippen LogP contribution is -2.36. The Balaban J connectivity index is 1.43. The van der Waals surface area contributed by atoms with Crippen molar-refractivity contribution in [3.63, 3.8) is 0 Å². The number of carbonyl (C=O) groups excluding carboxylic acids is 1. The molecule has 1 aliphatic rings. The zero-order valence-corrected chi connectivity index (χ0v) is 16.0. The first-order chi connectivity index (χ1) is 13.6. The first-order valence-electron chi connectivity index (χ1n) is 9.12. The molecule has 5 rings (SSSR count). The summed E-state index contributed by atoms with van der Waals surface area (Å²) in [4.78, 5) is 14.8. The van der Waals surface area contributed by atoms with E-state index in [1.54, 1.807) is 4.90 Å². The maximum absolute atomic E-state index is 13.1. The number of hydrogen-bond acceptors (Lipinski definition) is 4. The fourth-order valence-electron chi connectivity index (χ4n) is 3.75. The molecule has 140 valence electrons. The summed E-state index contributed by atoms with van der Waals surface area (Å²) in [7, 11) is 0. The van der Waals surface area contributed by atoms with Gasteiger partial charge in [-0.05, 0) is 43.7 Å². The number of hydrogen-bond donors (Lipinski definition) is 0. The molecule has 0 saturated carbocycles. The van der Waals surface area contributed by atoms with Crippen LogP contribution in [0.5, 0.6) is 0 Å². The molecule has 1 amide bonds. The molecule has 0 radical (unpaired) electrons. The number of nitrogens with zero attached hydrogens (tertiary/aromatic N) is 2. The third-order valence-electron chi connectivity index (χ3n) is 5.27. The number of fused-ring (bicyclic) bond motifs is 2. The standard InChI is InChI=1S/C22H17ClN2O3/c1-13-16-4-2-3-5-19(16)27-20(13)22(26)25-11-10-17-18(12-25)24-28-21(17)14-6-8-15(23)9-7-14/h2-9H,10-12H2,1H3. The Labute approximate surface area is 166 Å². The SMILES string of the molecule is Cc1c(C(=O)N2CCc3c(noc3-c3ccc(Cl)cc3)C2)oc2ccccc12. The van der Waals surface area contributed by atoms with E-state index in [1.165, 1.54) is 0 Å². The van der Waals surface area contributed by atoms with E-state index in [1.807, 2.05) is 55.5 Å². The van der Waals surface area contributed by atoms with Crippen molar-refractivity contribution in [2.24, 2.45) is 0 Å². The molecule has 0 saturated heterocycles. The quantitative estimate of drug-likeness (QED) is 0.467. The second-order valence-electron chi connectivity index (χ2n) is 6.97. The molecule has 0 fully saturated rings. The maximum Gasteiger partial charge on any atom is 0.290 e. The van der Waals surface area contributed by atoms with Crippen LogP contribution in [0.3, 0.4) is 0 Å². The number of aryl methyl sites for hydroxylation is 1. The number of furan rings is 1. The summed E-state index contributed by atoms with van der Waals surface area (Å²) in [6, 6.07) is 15.2. The van der Waals surface area contributed by atoms with Gasteiger partial charge in [-0.1, -0.05) is 35.0 Å². The molecule has 0 N–H and O–H groups in total. The fourth-order valence-corrected chi connectivity index (χ4v) is 3.88. The second-order valence-corrected chi connectivity index (χ2v) is 7.41. The van der Waals surface area contributed by atoms with Gasteiger partial charge in [0, 0.05) is 33.6 Å². The lowest BCUT2D eigenvalue weighted by atomic mass is 10.0. The third kappa shape index (κ3) is 2.70. The number of halogens is 1. The molecule has 0 spiro atoms. The molecule has 4 aromatic rings. The Morgan fingerprint density at radius 3 is 2.71 bits per heavy atom. The number of amides is 1. The van der Waals surface area contributed by atoms with Crippen LogP contribution in [0.2, 0.25) is 5.02 Å². The van der Waals surface area contributed by atoms with Gasteiger partial charge in [0.25, 0.3) is 5.91 Å². The average Bonchev–Trinajstić information content (AvgIpc) is 3.29. The fraction of sp³-hybridized carbons (Fsp3) is 0.182. The average molecular weight is 393 g/mol. The van der Waals surface area contributed by atoms with Crippen molar-refractivity contribution in [1.82, 2.24) is 10.1 Å². The Hall–Kier alpha value is -3.05. The number of benzene rings is 2.